The minimum absolute atomic E-state index is 0.00591. The number of aromatic nitrogens is 1. The smallest absolute Gasteiger partial charge is 0.312 e. The number of hydrogen-bond donors (Lipinski definition) is 5. The number of allylic oxidation sites excluding steroid dienone is 3. The number of esters is 1. The number of aliphatic hydroxyl groups is 2. The molecule has 5 N–H and O–H groups in total. The molecule has 0 radical (unpaired) electrons. The number of anilines is 3. The van der Waals surface area contributed by atoms with Gasteiger partial charge in [0.2, 0.25) is 5.43 Å². The number of ketones is 1. The lowest BCUT2D eigenvalue weighted by Crippen LogP contribution is -2.45. The number of nitrogens with one attached hydrogen (secondary N) is 1. The van der Waals surface area contributed by atoms with Gasteiger partial charge in [-0.3, -0.25) is 19.2 Å². The number of rotatable bonds is 2. The van der Waals surface area contributed by atoms with Crippen molar-refractivity contribution in [2.75, 3.05) is 42.3 Å². The van der Waals surface area contributed by atoms with Gasteiger partial charge in [0.25, 0.3) is 11.7 Å². The average molecular weight is 883 g/mol. The zero-order valence-corrected chi connectivity index (χ0v) is 37.4. The lowest BCUT2D eigenvalue weighted by Gasteiger charge is -2.37. The molecule has 6 aliphatic rings. The zero-order chi connectivity index (χ0) is 46.8. The van der Waals surface area contributed by atoms with Gasteiger partial charge in [-0.2, -0.15) is 0 Å². The van der Waals surface area contributed by atoms with Gasteiger partial charge in [-0.1, -0.05) is 45.9 Å². The molecule has 17 heteroatoms. The number of ether oxygens (including phenoxy) is 3. The highest BCUT2D eigenvalue weighted by Crippen LogP contribution is 2.52. The van der Waals surface area contributed by atoms with Crippen LogP contribution in [-0.2, 0) is 23.9 Å². The lowest BCUT2D eigenvalue weighted by atomic mass is 9.77. The molecule has 64 heavy (non-hydrogen) atoms. The Morgan fingerprint density at radius 3 is 2.34 bits per heavy atom. The number of phenols is 2. The molecule has 0 unspecified atom stereocenters. The highest BCUT2D eigenvalue weighted by molar-refractivity contribution is 6.22. The molecule has 9 atom stereocenters. The van der Waals surface area contributed by atoms with E-state index in [0.717, 1.165) is 6.26 Å². The molecule has 0 saturated carbocycles. The number of hydrogen-bond acceptors (Lipinski definition) is 16. The molecule has 1 amide bonds. The number of fused-ring (bicyclic) bond motifs is 16. The van der Waals surface area contributed by atoms with Crippen LogP contribution in [0.2, 0.25) is 0 Å². The van der Waals surface area contributed by atoms with E-state index in [0.29, 0.717) is 30.8 Å². The number of aromatic hydroxyl groups is 2. The van der Waals surface area contributed by atoms with Crippen molar-refractivity contribution in [2.45, 2.75) is 79.5 Å². The molecular weight excluding hydrogens is 829 g/mol. The summed E-state index contributed by atoms with van der Waals surface area (Å²) in [5.41, 5.74) is -0.361. The Bertz CT molecular complexity index is 2720. The first-order valence-corrected chi connectivity index (χ1v) is 21.1. The standard InChI is InChI=1S/C47H54N4O13/c1-20-12-11-13-21(2)46(60)49-35-40(58)31-30(34-43(35)63-44-33(48-34)29(54)18-28-36(44)51(10)16-15-50(28)9)32-42(25(6)39(31)57)64-47(8,45(32)59)61-17-14-27(19-52)22(3)41(62-26(7)53)24(5)38(56)23(4)37(20)55/h11-14,17-20,22-24,27,37-38,41,54-57H,15-16H2,1-10H3,(H,49,60)/b12-11+,17-14+,21-13-/t20-,22+,23+,24+,27+,37-,38+,41+,47-/m0/s1. The number of likely N-dealkylation sites (N-methyl/N-ethyl adjacent to an activating group) is 2. The van der Waals surface area contributed by atoms with E-state index in [-0.39, 0.29) is 61.5 Å². The number of carbonyl (C=O) groups excluding carboxylic acids is 4. The monoisotopic (exact) mass is 882 g/mol. The van der Waals surface area contributed by atoms with Gasteiger partial charge in [0.05, 0.1) is 35.1 Å². The van der Waals surface area contributed by atoms with E-state index in [9.17, 15) is 44.4 Å². The van der Waals surface area contributed by atoms with E-state index in [1.54, 1.807) is 39.8 Å². The van der Waals surface area contributed by atoms with Crippen molar-refractivity contribution in [3.05, 3.63) is 63.6 Å². The Morgan fingerprint density at radius 2 is 1.67 bits per heavy atom. The normalized spacial score (nSPS) is 29.8. The van der Waals surface area contributed by atoms with Gasteiger partial charge in [0.1, 0.15) is 46.7 Å². The molecule has 0 saturated heterocycles. The van der Waals surface area contributed by atoms with Gasteiger partial charge < -0.3 is 59.0 Å². The van der Waals surface area contributed by atoms with Crippen molar-refractivity contribution in [2.24, 2.45) is 29.6 Å². The molecular formula is C47H54N4O13. The van der Waals surface area contributed by atoms with Gasteiger partial charge in [-0.25, -0.2) is 4.98 Å². The molecule has 17 nitrogen and oxygen atoms in total. The largest absolute Gasteiger partial charge is 0.507 e. The van der Waals surface area contributed by atoms with E-state index in [1.165, 1.54) is 45.9 Å². The molecule has 2 aromatic rings. The summed E-state index contributed by atoms with van der Waals surface area (Å²) in [4.78, 5) is 77.3. The quantitative estimate of drug-likeness (QED) is 0.0739. The van der Waals surface area contributed by atoms with Gasteiger partial charge in [-0.05, 0) is 19.9 Å². The maximum atomic E-state index is 14.8. The van der Waals surface area contributed by atoms with Crippen LogP contribution in [-0.4, -0.2) is 101 Å². The second kappa shape index (κ2) is 16.9. The molecule has 8 rings (SSSR count). The van der Waals surface area contributed by atoms with Gasteiger partial charge in [0.15, 0.2) is 16.9 Å². The number of aldehydes is 1. The van der Waals surface area contributed by atoms with Crippen molar-refractivity contribution < 1.29 is 58.2 Å². The van der Waals surface area contributed by atoms with Gasteiger partial charge in [0, 0.05) is 93.2 Å². The van der Waals surface area contributed by atoms with Crippen LogP contribution in [0.15, 0.2) is 51.4 Å². The maximum Gasteiger partial charge on any atom is 0.312 e. The summed E-state index contributed by atoms with van der Waals surface area (Å²) in [6, 6.07) is 1.53. The summed E-state index contributed by atoms with van der Waals surface area (Å²) in [6.45, 7) is 13.3. The Labute approximate surface area is 368 Å². The van der Waals surface area contributed by atoms with Crippen molar-refractivity contribution in [3.8, 4) is 28.7 Å². The van der Waals surface area contributed by atoms with Crippen molar-refractivity contribution in [1.29, 1.82) is 0 Å². The predicted octanol–water partition coefficient (Wildman–Crippen LogP) is 5.34. The summed E-state index contributed by atoms with van der Waals surface area (Å²) in [6.07, 6.45) is 4.36. The molecule has 5 aliphatic heterocycles. The van der Waals surface area contributed by atoms with Crippen LogP contribution in [0, 0.1) is 36.5 Å². The number of carbonyl (C=O) groups is 4. The van der Waals surface area contributed by atoms with Gasteiger partial charge >= 0.3 is 11.8 Å². The highest BCUT2D eigenvalue weighted by Gasteiger charge is 2.50. The van der Waals surface area contributed by atoms with Crippen LogP contribution in [0.25, 0.3) is 33.3 Å². The molecule has 0 aromatic heterocycles. The van der Waals surface area contributed by atoms with E-state index in [4.69, 9.17) is 23.6 Å². The first kappa shape index (κ1) is 45.6. The van der Waals surface area contributed by atoms with E-state index < -0.39 is 88.2 Å². The summed E-state index contributed by atoms with van der Waals surface area (Å²) < 4.78 is 24.5. The minimum atomic E-state index is -2.14. The third-order valence-corrected chi connectivity index (χ3v) is 13.1. The molecule has 2 aromatic carbocycles. The van der Waals surface area contributed by atoms with Crippen LogP contribution in [0.1, 0.15) is 64.4 Å². The van der Waals surface area contributed by atoms with Crippen molar-refractivity contribution in [3.63, 3.8) is 0 Å². The van der Waals surface area contributed by atoms with Crippen molar-refractivity contribution >= 4 is 62.9 Å². The maximum absolute atomic E-state index is 14.8. The Hall–Kier alpha value is -6.46. The topological polar surface area (TPSA) is 238 Å². The number of benzene rings is 3. The van der Waals surface area contributed by atoms with Crippen LogP contribution in [0.3, 0.4) is 0 Å². The fourth-order valence-electron chi connectivity index (χ4n) is 9.03. The molecule has 340 valence electrons. The second-order valence-corrected chi connectivity index (χ2v) is 17.5. The summed E-state index contributed by atoms with van der Waals surface area (Å²) in [5, 5.41) is 48.3. The van der Waals surface area contributed by atoms with E-state index >= 15 is 0 Å². The zero-order valence-electron chi connectivity index (χ0n) is 37.4. The molecule has 0 fully saturated rings. The number of amides is 1. The van der Waals surface area contributed by atoms with E-state index in [2.05, 4.69) is 5.32 Å². The van der Waals surface area contributed by atoms with Crippen LogP contribution < -0.4 is 25.3 Å². The number of Topliss-reactive ketones (excluding diaryl/α,β-unsaturated/α-hetero) is 1. The van der Waals surface area contributed by atoms with Crippen LogP contribution in [0.5, 0.6) is 17.2 Å². The van der Waals surface area contributed by atoms with E-state index in [1.807, 2.05) is 23.9 Å². The van der Waals surface area contributed by atoms with Crippen molar-refractivity contribution in [1.82, 2.24) is 4.98 Å². The first-order valence-electron chi connectivity index (χ1n) is 21.1. The Balaban J connectivity index is 1.49. The SMILES string of the molecule is CC(=O)O[C@H]1[C@H](C)[C@H](O)[C@H](C)[C@@H](O)[C@@H](C)/C=C/C=C(/C)C(=O)Nc2c3oc4c5c(cc(O)c4nc-3c3c4c(c(C)c(O)c3c2=O)O[C@](C)(O/C=C/[C@H](C=O)[C@H]1C)C4=O)N(C)CCN5C. The average Bonchev–Trinajstić information content (AvgIpc) is 3.52. The number of aliphatic hydroxyl groups excluding tert-OH is 2. The summed E-state index contributed by atoms with van der Waals surface area (Å²) in [7, 11) is 3.68. The summed E-state index contributed by atoms with van der Waals surface area (Å²) >= 11 is 0. The molecule has 5 heterocycles. The first-order chi connectivity index (χ1) is 30.1. The summed E-state index contributed by atoms with van der Waals surface area (Å²) in [5.74, 6) is -9.45. The molecule has 0 spiro atoms. The highest BCUT2D eigenvalue weighted by atomic mass is 16.7. The second-order valence-electron chi connectivity index (χ2n) is 17.5. The van der Waals surface area contributed by atoms with Gasteiger partial charge in [-0.15, -0.1) is 0 Å². The molecule has 1 aliphatic carbocycles. The fraction of sp³-hybridized carbons (Fsp3) is 0.447. The number of nitrogens with zero attached hydrogens (tertiary/aromatic N) is 3. The Kier molecular flexibility index (Phi) is 12.0. The van der Waals surface area contributed by atoms with Crippen LogP contribution >= 0.6 is 0 Å². The third kappa shape index (κ3) is 7.49. The van der Waals surface area contributed by atoms with Crippen LogP contribution in [0.4, 0.5) is 17.1 Å². The Morgan fingerprint density at radius 1 is 0.984 bits per heavy atom. The number of phenolic OH excluding ortho intramolecular Hbond substituents is 2. The molecule has 5 bridgehead atoms. The lowest BCUT2D eigenvalue weighted by molar-refractivity contribution is -0.159. The fourth-order valence-corrected chi connectivity index (χ4v) is 9.03. The third-order valence-electron chi connectivity index (χ3n) is 13.1. The minimum Gasteiger partial charge on any atom is -0.507 e. The predicted molar refractivity (Wildman–Crippen MR) is 238 cm³/mol.